The zero-order chi connectivity index (χ0) is 9.97. The van der Waals surface area contributed by atoms with Gasteiger partial charge in [-0.15, -0.1) is 0 Å². The van der Waals surface area contributed by atoms with Crippen LogP contribution in [0.25, 0.3) is 0 Å². The summed E-state index contributed by atoms with van der Waals surface area (Å²) >= 11 is 2.07. The third-order valence-corrected chi connectivity index (χ3v) is 4.35. The van der Waals surface area contributed by atoms with Gasteiger partial charge in [0.25, 0.3) is 0 Å². The summed E-state index contributed by atoms with van der Waals surface area (Å²) in [5, 5.41) is 0. The molecule has 0 bridgehead atoms. The monoisotopic (exact) mass is 207 g/mol. The number of rotatable bonds is 2. The standard InChI is InChI=1S/C12H17NS/c1-9(10-6-7-14-8-10)11-4-2-3-5-12(11)13/h2-5,9-10H,6-8,13H2,1H3. The molecular formula is C12H17NS. The van der Waals surface area contributed by atoms with Crippen molar-refractivity contribution in [1.29, 1.82) is 0 Å². The van der Waals surface area contributed by atoms with Gasteiger partial charge in [0.1, 0.15) is 0 Å². The third-order valence-electron chi connectivity index (χ3n) is 3.16. The van der Waals surface area contributed by atoms with Crippen molar-refractivity contribution in [1.82, 2.24) is 0 Å². The molecule has 1 fully saturated rings. The fourth-order valence-electron chi connectivity index (χ4n) is 2.13. The lowest BCUT2D eigenvalue weighted by atomic mass is 9.86. The molecule has 1 saturated heterocycles. The number of nitrogens with two attached hydrogens (primary N) is 1. The second-order valence-corrected chi connectivity index (χ2v) is 5.19. The van der Waals surface area contributed by atoms with Crippen LogP contribution in [0.15, 0.2) is 24.3 Å². The van der Waals surface area contributed by atoms with Crippen molar-refractivity contribution < 1.29 is 0 Å². The van der Waals surface area contributed by atoms with E-state index in [1.165, 1.54) is 23.5 Å². The van der Waals surface area contributed by atoms with Gasteiger partial charge in [0.15, 0.2) is 0 Å². The fourth-order valence-corrected chi connectivity index (χ4v) is 3.52. The summed E-state index contributed by atoms with van der Waals surface area (Å²) < 4.78 is 0. The number of anilines is 1. The number of hydrogen-bond donors (Lipinski definition) is 1. The Morgan fingerprint density at radius 1 is 1.43 bits per heavy atom. The number of hydrogen-bond acceptors (Lipinski definition) is 2. The molecule has 0 amide bonds. The van der Waals surface area contributed by atoms with Gasteiger partial charge in [-0.25, -0.2) is 0 Å². The molecule has 2 N–H and O–H groups in total. The van der Waals surface area contributed by atoms with Crippen molar-refractivity contribution in [2.24, 2.45) is 5.92 Å². The van der Waals surface area contributed by atoms with Crippen LogP contribution >= 0.6 is 11.8 Å². The van der Waals surface area contributed by atoms with Crippen LogP contribution in [0.3, 0.4) is 0 Å². The van der Waals surface area contributed by atoms with E-state index in [1.54, 1.807) is 0 Å². The SMILES string of the molecule is CC(c1ccccc1N)C1CCSC1. The predicted molar refractivity (Wildman–Crippen MR) is 64.7 cm³/mol. The molecule has 0 spiro atoms. The summed E-state index contributed by atoms with van der Waals surface area (Å²) in [6.45, 7) is 2.31. The molecule has 0 radical (unpaired) electrons. The van der Waals surface area contributed by atoms with E-state index >= 15 is 0 Å². The van der Waals surface area contributed by atoms with Crippen molar-refractivity contribution in [2.45, 2.75) is 19.3 Å². The van der Waals surface area contributed by atoms with Gasteiger partial charge in [0.05, 0.1) is 0 Å². The van der Waals surface area contributed by atoms with Gasteiger partial charge in [0.2, 0.25) is 0 Å². The zero-order valence-corrected chi connectivity index (χ0v) is 9.39. The van der Waals surface area contributed by atoms with E-state index in [1.807, 2.05) is 12.1 Å². The number of thioether (sulfide) groups is 1. The van der Waals surface area contributed by atoms with Crippen LogP contribution in [0.2, 0.25) is 0 Å². The summed E-state index contributed by atoms with van der Waals surface area (Å²) in [5.74, 6) is 4.06. The molecule has 1 aliphatic heterocycles. The Hall–Kier alpha value is -0.630. The summed E-state index contributed by atoms with van der Waals surface area (Å²) in [5.41, 5.74) is 8.27. The largest absolute Gasteiger partial charge is 0.398 e. The van der Waals surface area contributed by atoms with Crippen LogP contribution in [-0.4, -0.2) is 11.5 Å². The lowest BCUT2D eigenvalue weighted by Gasteiger charge is -2.20. The maximum Gasteiger partial charge on any atom is 0.0349 e. The summed E-state index contributed by atoms with van der Waals surface area (Å²) in [4.78, 5) is 0. The molecule has 14 heavy (non-hydrogen) atoms. The molecule has 0 aromatic heterocycles. The second kappa shape index (κ2) is 4.26. The molecule has 1 heterocycles. The van der Waals surface area contributed by atoms with E-state index in [0.717, 1.165) is 11.6 Å². The van der Waals surface area contributed by atoms with Gasteiger partial charge < -0.3 is 5.73 Å². The molecule has 2 atom stereocenters. The Morgan fingerprint density at radius 3 is 2.86 bits per heavy atom. The molecule has 0 saturated carbocycles. The van der Waals surface area contributed by atoms with Crippen LogP contribution in [-0.2, 0) is 0 Å². The number of benzene rings is 1. The minimum atomic E-state index is 0.617. The summed E-state index contributed by atoms with van der Waals surface area (Å²) in [6, 6.07) is 8.27. The topological polar surface area (TPSA) is 26.0 Å². The highest BCUT2D eigenvalue weighted by Crippen LogP contribution is 2.37. The Morgan fingerprint density at radius 2 is 2.21 bits per heavy atom. The Bertz CT molecular complexity index is 305. The smallest absolute Gasteiger partial charge is 0.0349 e. The first-order valence-electron chi connectivity index (χ1n) is 5.21. The minimum absolute atomic E-state index is 0.617. The average Bonchev–Trinajstić information content (AvgIpc) is 2.70. The highest BCUT2D eigenvalue weighted by atomic mass is 32.2. The normalized spacial score (nSPS) is 23.6. The van der Waals surface area contributed by atoms with Crippen LogP contribution in [0.4, 0.5) is 5.69 Å². The zero-order valence-electron chi connectivity index (χ0n) is 8.57. The molecule has 1 aromatic rings. The molecule has 1 nitrogen and oxygen atoms in total. The molecule has 1 aromatic carbocycles. The molecule has 0 aliphatic carbocycles. The highest BCUT2D eigenvalue weighted by molar-refractivity contribution is 7.99. The van der Waals surface area contributed by atoms with E-state index in [0.29, 0.717) is 5.92 Å². The quantitative estimate of drug-likeness (QED) is 0.754. The molecule has 2 heteroatoms. The minimum Gasteiger partial charge on any atom is -0.398 e. The summed E-state index contributed by atoms with van der Waals surface area (Å²) in [7, 11) is 0. The van der Waals surface area contributed by atoms with Crippen LogP contribution < -0.4 is 5.73 Å². The first-order valence-corrected chi connectivity index (χ1v) is 6.36. The molecule has 1 aliphatic rings. The second-order valence-electron chi connectivity index (χ2n) is 4.04. The van der Waals surface area contributed by atoms with E-state index in [4.69, 9.17) is 5.73 Å². The first-order chi connectivity index (χ1) is 6.79. The van der Waals surface area contributed by atoms with Crippen molar-refractivity contribution in [2.75, 3.05) is 17.2 Å². The number of para-hydroxylation sites is 1. The predicted octanol–water partition coefficient (Wildman–Crippen LogP) is 3.13. The van der Waals surface area contributed by atoms with Crippen LogP contribution in [0, 0.1) is 5.92 Å². The lowest BCUT2D eigenvalue weighted by Crippen LogP contribution is -2.10. The van der Waals surface area contributed by atoms with Crippen LogP contribution in [0.5, 0.6) is 0 Å². The van der Waals surface area contributed by atoms with Gasteiger partial charge in [-0.1, -0.05) is 25.1 Å². The van der Waals surface area contributed by atoms with E-state index in [9.17, 15) is 0 Å². The van der Waals surface area contributed by atoms with Crippen molar-refractivity contribution in [3.63, 3.8) is 0 Å². The van der Waals surface area contributed by atoms with Crippen molar-refractivity contribution in [3.05, 3.63) is 29.8 Å². The van der Waals surface area contributed by atoms with Crippen LogP contribution in [0.1, 0.15) is 24.8 Å². The lowest BCUT2D eigenvalue weighted by molar-refractivity contribution is 0.501. The van der Waals surface area contributed by atoms with Gasteiger partial charge >= 0.3 is 0 Å². The summed E-state index contributed by atoms with van der Waals surface area (Å²) in [6.07, 6.45) is 1.35. The van der Waals surface area contributed by atoms with E-state index in [2.05, 4.69) is 30.8 Å². The van der Waals surface area contributed by atoms with Gasteiger partial charge in [-0.2, -0.15) is 11.8 Å². The molecular weight excluding hydrogens is 190 g/mol. The molecule has 76 valence electrons. The van der Waals surface area contributed by atoms with E-state index < -0.39 is 0 Å². The maximum atomic E-state index is 5.98. The van der Waals surface area contributed by atoms with E-state index in [-0.39, 0.29) is 0 Å². The van der Waals surface area contributed by atoms with Gasteiger partial charge in [-0.05, 0) is 41.4 Å². The Balaban J connectivity index is 2.17. The molecule has 2 unspecified atom stereocenters. The fraction of sp³-hybridized carbons (Fsp3) is 0.500. The van der Waals surface area contributed by atoms with Gasteiger partial charge in [0, 0.05) is 5.69 Å². The Kier molecular flexibility index (Phi) is 3.02. The third kappa shape index (κ3) is 1.90. The van der Waals surface area contributed by atoms with Crippen molar-refractivity contribution in [3.8, 4) is 0 Å². The van der Waals surface area contributed by atoms with Gasteiger partial charge in [-0.3, -0.25) is 0 Å². The number of nitrogen functional groups attached to an aromatic ring is 1. The maximum absolute atomic E-state index is 5.98. The Labute approximate surface area is 90.1 Å². The average molecular weight is 207 g/mol. The molecule has 2 rings (SSSR count). The highest BCUT2D eigenvalue weighted by Gasteiger charge is 2.23. The van der Waals surface area contributed by atoms with Crippen molar-refractivity contribution >= 4 is 17.4 Å². The first kappa shape index (κ1) is 9.91.